The molecule has 0 bridgehead atoms. The number of ether oxygens (including phenoxy) is 1. The van der Waals surface area contributed by atoms with Crippen LogP contribution in [0.2, 0.25) is 0 Å². The van der Waals surface area contributed by atoms with Crippen molar-refractivity contribution in [1.29, 1.82) is 0 Å². The molecule has 0 aromatic heterocycles. The molecule has 9 nitrogen and oxygen atoms in total. The lowest BCUT2D eigenvalue weighted by molar-refractivity contribution is -0.143. The zero-order chi connectivity index (χ0) is 29.0. The summed E-state index contributed by atoms with van der Waals surface area (Å²) in [5.41, 5.74) is 6.30. The molecule has 0 heterocycles. The summed E-state index contributed by atoms with van der Waals surface area (Å²) in [5.74, 6) is -1.26. The van der Waals surface area contributed by atoms with Crippen LogP contribution in [-0.2, 0) is 19.1 Å². The van der Waals surface area contributed by atoms with Crippen molar-refractivity contribution >= 4 is 23.8 Å². The lowest BCUT2D eigenvalue weighted by Gasteiger charge is -2.36. The van der Waals surface area contributed by atoms with E-state index in [9.17, 15) is 19.2 Å². The molecule has 0 aliphatic heterocycles. The predicted octanol–water partition coefficient (Wildman–Crippen LogP) is 4.66. The third-order valence-electron chi connectivity index (χ3n) is 6.82. The van der Waals surface area contributed by atoms with Crippen LogP contribution in [0.15, 0.2) is 24.3 Å². The molecular formula is C30H48N4O5. The quantitative estimate of drug-likeness (QED) is 0.311. The fraction of sp³-hybridized carbons (Fsp3) is 0.667. The highest BCUT2D eigenvalue weighted by Gasteiger charge is 2.37. The van der Waals surface area contributed by atoms with E-state index in [4.69, 9.17) is 10.5 Å². The van der Waals surface area contributed by atoms with Gasteiger partial charge in [0.05, 0.1) is 0 Å². The molecule has 9 heteroatoms. The van der Waals surface area contributed by atoms with Crippen molar-refractivity contribution in [3.63, 3.8) is 0 Å². The van der Waals surface area contributed by atoms with Crippen LogP contribution in [0.25, 0.3) is 0 Å². The summed E-state index contributed by atoms with van der Waals surface area (Å²) in [6.07, 6.45) is 6.76. The Balaban J connectivity index is 2.47. The number of carbonyl (C=O) groups excluding carboxylic acids is 4. The van der Waals surface area contributed by atoms with E-state index in [-0.39, 0.29) is 24.8 Å². The van der Waals surface area contributed by atoms with E-state index in [0.717, 1.165) is 50.5 Å². The van der Waals surface area contributed by atoms with E-state index < -0.39 is 35.6 Å². The summed E-state index contributed by atoms with van der Waals surface area (Å²) in [6.45, 7) is 9.53. The first-order chi connectivity index (χ1) is 18.4. The Bertz CT molecular complexity index is 968. The second-order valence-electron chi connectivity index (χ2n) is 11.6. The summed E-state index contributed by atoms with van der Waals surface area (Å²) in [5, 5.41) is 5.85. The SMILES string of the molecule is CCCCCN(C(=O)C(CCC(N)=O)NC(=O)OC(C)(C)C)C(C(=O)NC1CCCCC1)c1cccc(C)c1. The van der Waals surface area contributed by atoms with Gasteiger partial charge >= 0.3 is 6.09 Å². The van der Waals surface area contributed by atoms with Gasteiger partial charge in [0, 0.05) is 19.0 Å². The number of hydrogen-bond acceptors (Lipinski definition) is 5. The number of carbonyl (C=O) groups is 4. The Morgan fingerprint density at radius 2 is 1.79 bits per heavy atom. The molecule has 2 unspecified atom stereocenters. The number of aryl methyl sites for hydroxylation is 1. The smallest absolute Gasteiger partial charge is 0.408 e. The zero-order valence-electron chi connectivity index (χ0n) is 24.4. The second kappa shape index (κ2) is 15.5. The molecule has 1 aliphatic rings. The van der Waals surface area contributed by atoms with Crippen molar-refractivity contribution in [3.05, 3.63) is 35.4 Å². The van der Waals surface area contributed by atoms with Crippen molar-refractivity contribution < 1.29 is 23.9 Å². The molecule has 1 saturated carbocycles. The van der Waals surface area contributed by atoms with Crippen LogP contribution >= 0.6 is 0 Å². The Hall–Kier alpha value is -3.10. The van der Waals surface area contributed by atoms with Crippen LogP contribution in [-0.4, -0.2) is 52.9 Å². The molecular weight excluding hydrogens is 496 g/mol. The van der Waals surface area contributed by atoms with E-state index in [2.05, 4.69) is 17.6 Å². The number of unbranched alkanes of at least 4 members (excludes halogenated alkanes) is 2. The van der Waals surface area contributed by atoms with Crippen molar-refractivity contribution in [2.24, 2.45) is 5.73 Å². The van der Waals surface area contributed by atoms with Gasteiger partial charge in [0.15, 0.2) is 0 Å². The molecule has 4 N–H and O–H groups in total. The number of rotatable bonds is 13. The molecule has 2 rings (SSSR count). The number of primary amides is 1. The fourth-order valence-corrected chi connectivity index (χ4v) is 4.93. The molecule has 39 heavy (non-hydrogen) atoms. The summed E-state index contributed by atoms with van der Waals surface area (Å²) >= 11 is 0. The molecule has 0 spiro atoms. The standard InChI is InChI=1S/C30H48N4O5/c1-6-7-11-19-34(28(37)24(17-18-25(31)35)33-29(38)39-30(3,4)5)26(22-14-12-13-21(2)20-22)27(36)32-23-15-9-8-10-16-23/h12-14,20,23-24,26H,6-11,15-19H2,1-5H3,(H2,31,35)(H,32,36)(H,33,38). The summed E-state index contributed by atoms with van der Waals surface area (Å²) in [4.78, 5) is 54.0. The van der Waals surface area contributed by atoms with Crippen molar-refractivity contribution in [2.75, 3.05) is 6.54 Å². The minimum absolute atomic E-state index is 0.00245. The lowest BCUT2D eigenvalue weighted by Crippen LogP contribution is -2.54. The molecule has 0 saturated heterocycles. The van der Waals surface area contributed by atoms with Gasteiger partial charge in [-0.1, -0.05) is 68.9 Å². The minimum atomic E-state index is -1.08. The van der Waals surface area contributed by atoms with E-state index in [1.165, 1.54) is 0 Å². The first-order valence-electron chi connectivity index (χ1n) is 14.4. The van der Waals surface area contributed by atoms with Crippen LogP contribution in [0, 0.1) is 6.92 Å². The van der Waals surface area contributed by atoms with Crippen LogP contribution in [0.5, 0.6) is 0 Å². The van der Waals surface area contributed by atoms with Crippen molar-refractivity contribution in [2.45, 2.75) is 123 Å². The normalized spacial score (nSPS) is 15.6. The minimum Gasteiger partial charge on any atom is -0.444 e. The molecule has 4 amide bonds. The highest BCUT2D eigenvalue weighted by Crippen LogP contribution is 2.27. The van der Waals surface area contributed by atoms with Gasteiger partial charge in [-0.3, -0.25) is 14.4 Å². The van der Waals surface area contributed by atoms with Crippen LogP contribution < -0.4 is 16.4 Å². The maximum Gasteiger partial charge on any atom is 0.408 e. The molecule has 1 aromatic rings. The molecule has 218 valence electrons. The summed E-state index contributed by atoms with van der Waals surface area (Å²) in [7, 11) is 0. The van der Waals surface area contributed by atoms with Gasteiger partial charge in [-0.25, -0.2) is 4.79 Å². The van der Waals surface area contributed by atoms with E-state index >= 15 is 0 Å². The van der Waals surface area contributed by atoms with Gasteiger partial charge in [0.2, 0.25) is 17.7 Å². The highest BCUT2D eigenvalue weighted by molar-refractivity contribution is 5.92. The Morgan fingerprint density at radius 3 is 2.38 bits per heavy atom. The van der Waals surface area contributed by atoms with E-state index in [1.807, 2.05) is 31.2 Å². The topological polar surface area (TPSA) is 131 Å². The number of nitrogens with zero attached hydrogens (tertiary/aromatic N) is 1. The van der Waals surface area contributed by atoms with Crippen LogP contribution in [0.1, 0.15) is 109 Å². The van der Waals surface area contributed by atoms with Gasteiger partial charge in [0.25, 0.3) is 0 Å². The van der Waals surface area contributed by atoms with Gasteiger partial charge in [0.1, 0.15) is 17.7 Å². The molecule has 0 radical (unpaired) electrons. The van der Waals surface area contributed by atoms with Gasteiger partial charge < -0.3 is 26.0 Å². The first kappa shape index (κ1) is 32.1. The Labute approximate surface area is 233 Å². The lowest BCUT2D eigenvalue weighted by atomic mass is 9.94. The highest BCUT2D eigenvalue weighted by atomic mass is 16.6. The molecule has 1 aliphatic carbocycles. The Kier molecular flexibility index (Phi) is 12.7. The number of nitrogens with two attached hydrogens (primary N) is 1. The van der Waals surface area contributed by atoms with Crippen LogP contribution in [0.4, 0.5) is 4.79 Å². The first-order valence-corrected chi connectivity index (χ1v) is 14.4. The molecule has 2 atom stereocenters. The van der Waals surface area contributed by atoms with Gasteiger partial charge in [-0.15, -0.1) is 0 Å². The zero-order valence-corrected chi connectivity index (χ0v) is 24.4. The van der Waals surface area contributed by atoms with Gasteiger partial charge in [-0.2, -0.15) is 0 Å². The molecule has 1 aromatic carbocycles. The van der Waals surface area contributed by atoms with Crippen molar-refractivity contribution in [3.8, 4) is 0 Å². The number of alkyl carbamates (subject to hydrolysis) is 1. The average Bonchev–Trinajstić information content (AvgIpc) is 2.85. The largest absolute Gasteiger partial charge is 0.444 e. The maximum atomic E-state index is 14.2. The summed E-state index contributed by atoms with van der Waals surface area (Å²) < 4.78 is 5.40. The summed E-state index contributed by atoms with van der Waals surface area (Å²) in [6, 6.07) is 5.71. The third-order valence-corrected chi connectivity index (χ3v) is 6.82. The van der Waals surface area contributed by atoms with Crippen molar-refractivity contribution in [1.82, 2.24) is 15.5 Å². The second-order valence-corrected chi connectivity index (χ2v) is 11.6. The number of hydrogen-bond donors (Lipinski definition) is 3. The molecule has 1 fully saturated rings. The fourth-order valence-electron chi connectivity index (χ4n) is 4.93. The Morgan fingerprint density at radius 1 is 1.10 bits per heavy atom. The monoisotopic (exact) mass is 544 g/mol. The number of amides is 4. The third kappa shape index (κ3) is 11.3. The number of nitrogens with one attached hydrogen (secondary N) is 2. The van der Waals surface area contributed by atoms with E-state index in [0.29, 0.717) is 18.5 Å². The predicted molar refractivity (Wildman–Crippen MR) is 152 cm³/mol. The van der Waals surface area contributed by atoms with E-state index in [1.54, 1.807) is 25.7 Å². The number of benzene rings is 1. The van der Waals surface area contributed by atoms with Crippen LogP contribution in [0.3, 0.4) is 0 Å². The maximum absolute atomic E-state index is 14.2. The average molecular weight is 545 g/mol. The van der Waals surface area contributed by atoms with Gasteiger partial charge in [-0.05, 0) is 58.9 Å².